The van der Waals surface area contributed by atoms with Gasteiger partial charge >= 0.3 is 5.97 Å². The second kappa shape index (κ2) is 7.37. The van der Waals surface area contributed by atoms with Crippen LogP contribution in [0.15, 0.2) is 24.3 Å². The minimum Gasteiger partial charge on any atom is -0.481 e. The largest absolute Gasteiger partial charge is 0.481 e. The van der Waals surface area contributed by atoms with E-state index in [-0.39, 0.29) is 36.9 Å². The fourth-order valence-electron chi connectivity index (χ4n) is 1.99. The van der Waals surface area contributed by atoms with E-state index in [4.69, 9.17) is 5.11 Å². The molecule has 1 atom stereocenters. The van der Waals surface area contributed by atoms with Gasteiger partial charge in [-0.25, -0.2) is 0 Å². The molecule has 1 N–H and O–H groups in total. The first-order chi connectivity index (χ1) is 9.81. The SMILES string of the molecule is CC(CC(=O)O)CC(=O)N(C)Cc1ccccc1[N+](=O)[O-]. The van der Waals surface area contributed by atoms with Crippen molar-refractivity contribution in [2.24, 2.45) is 5.92 Å². The van der Waals surface area contributed by atoms with Gasteiger partial charge in [-0.3, -0.25) is 19.7 Å². The minimum atomic E-state index is -0.948. The lowest BCUT2D eigenvalue weighted by Gasteiger charge is -2.19. The lowest BCUT2D eigenvalue weighted by molar-refractivity contribution is -0.385. The van der Waals surface area contributed by atoms with Gasteiger partial charge < -0.3 is 10.0 Å². The molecule has 1 aromatic rings. The molecule has 0 aliphatic carbocycles. The highest BCUT2D eigenvalue weighted by Crippen LogP contribution is 2.20. The Balaban J connectivity index is 2.68. The molecule has 0 aromatic heterocycles. The first-order valence-electron chi connectivity index (χ1n) is 6.49. The van der Waals surface area contributed by atoms with E-state index in [0.29, 0.717) is 5.56 Å². The van der Waals surface area contributed by atoms with Crippen LogP contribution in [0.25, 0.3) is 0 Å². The number of amides is 1. The van der Waals surface area contributed by atoms with Crippen molar-refractivity contribution in [3.8, 4) is 0 Å². The first kappa shape index (κ1) is 16.6. The molecule has 7 nitrogen and oxygen atoms in total. The summed E-state index contributed by atoms with van der Waals surface area (Å²) < 4.78 is 0. The van der Waals surface area contributed by atoms with E-state index in [1.807, 2.05) is 0 Å². The number of aliphatic carboxylic acids is 1. The molecule has 1 rings (SSSR count). The quantitative estimate of drug-likeness (QED) is 0.612. The maximum absolute atomic E-state index is 12.0. The highest BCUT2D eigenvalue weighted by molar-refractivity contribution is 5.77. The van der Waals surface area contributed by atoms with Crippen molar-refractivity contribution >= 4 is 17.6 Å². The van der Waals surface area contributed by atoms with Crippen LogP contribution in [0, 0.1) is 16.0 Å². The highest BCUT2D eigenvalue weighted by Gasteiger charge is 2.19. The zero-order valence-electron chi connectivity index (χ0n) is 12.0. The number of nitrogens with zero attached hydrogens (tertiary/aromatic N) is 2. The number of benzene rings is 1. The number of carboxylic acids is 1. The van der Waals surface area contributed by atoms with E-state index < -0.39 is 10.9 Å². The number of hydrogen-bond donors (Lipinski definition) is 1. The lowest BCUT2D eigenvalue weighted by atomic mass is 10.0. The Morgan fingerprint density at radius 1 is 1.33 bits per heavy atom. The molecule has 0 spiro atoms. The van der Waals surface area contributed by atoms with Crippen molar-refractivity contribution in [2.45, 2.75) is 26.3 Å². The lowest BCUT2D eigenvalue weighted by Crippen LogP contribution is -2.28. The molecule has 1 amide bonds. The topological polar surface area (TPSA) is 101 Å². The number of rotatable bonds is 7. The van der Waals surface area contributed by atoms with Gasteiger partial charge in [0, 0.05) is 31.5 Å². The van der Waals surface area contributed by atoms with Crippen molar-refractivity contribution in [1.82, 2.24) is 4.90 Å². The Morgan fingerprint density at radius 2 is 1.95 bits per heavy atom. The highest BCUT2D eigenvalue weighted by atomic mass is 16.6. The summed E-state index contributed by atoms with van der Waals surface area (Å²) in [6.07, 6.45) is 0.0223. The second-order valence-electron chi connectivity index (χ2n) is 5.04. The summed E-state index contributed by atoms with van der Waals surface area (Å²) in [5.74, 6) is -1.46. The smallest absolute Gasteiger partial charge is 0.303 e. The van der Waals surface area contributed by atoms with Gasteiger partial charge in [-0.15, -0.1) is 0 Å². The van der Waals surface area contributed by atoms with Gasteiger partial charge in [-0.05, 0) is 5.92 Å². The van der Waals surface area contributed by atoms with Crippen molar-refractivity contribution in [3.63, 3.8) is 0 Å². The zero-order chi connectivity index (χ0) is 16.0. The van der Waals surface area contributed by atoms with Crippen LogP contribution >= 0.6 is 0 Å². The molecular weight excluding hydrogens is 276 g/mol. The molecule has 7 heteroatoms. The van der Waals surface area contributed by atoms with E-state index >= 15 is 0 Å². The van der Waals surface area contributed by atoms with Crippen LogP contribution in [0.3, 0.4) is 0 Å². The third-order valence-corrected chi connectivity index (χ3v) is 3.07. The van der Waals surface area contributed by atoms with Crippen LogP contribution in [0.4, 0.5) is 5.69 Å². The predicted octanol–water partition coefficient (Wildman–Crippen LogP) is 2.05. The first-order valence-corrected chi connectivity index (χ1v) is 6.49. The van der Waals surface area contributed by atoms with Crippen molar-refractivity contribution in [1.29, 1.82) is 0 Å². The van der Waals surface area contributed by atoms with Gasteiger partial charge in [0.1, 0.15) is 0 Å². The van der Waals surface area contributed by atoms with E-state index in [0.717, 1.165) is 0 Å². The fraction of sp³-hybridized carbons (Fsp3) is 0.429. The zero-order valence-corrected chi connectivity index (χ0v) is 12.0. The van der Waals surface area contributed by atoms with Gasteiger partial charge in [0.2, 0.25) is 5.91 Å². The van der Waals surface area contributed by atoms with Crippen LogP contribution in [0.2, 0.25) is 0 Å². The van der Waals surface area contributed by atoms with Crippen molar-refractivity contribution in [3.05, 3.63) is 39.9 Å². The summed E-state index contributed by atoms with van der Waals surface area (Å²) in [6, 6.07) is 6.23. The molecule has 0 heterocycles. The molecule has 0 aliphatic heterocycles. The normalized spacial score (nSPS) is 11.7. The summed E-state index contributed by atoms with van der Waals surface area (Å²) in [5.41, 5.74) is 0.417. The standard InChI is InChI=1S/C14H18N2O5/c1-10(8-14(18)19)7-13(17)15(2)9-11-5-3-4-6-12(11)16(20)21/h3-6,10H,7-9H2,1-2H3,(H,18,19). The number of carbonyl (C=O) groups excluding carboxylic acids is 1. The average molecular weight is 294 g/mol. The maximum atomic E-state index is 12.0. The summed E-state index contributed by atoms with van der Waals surface area (Å²) in [6.45, 7) is 1.81. The molecular formula is C14H18N2O5. The predicted molar refractivity (Wildman–Crippen MR) is 75.6 cm³/mol. The Labute approximate surface area is 122 Å². The second-order valence-corrected chi connectivity index (χ2v) is 5.04. The number of carboxylic acid groups (broad SMARTS) is 1. The van der Waals surface area contributed by atoms with E-state index in [2.05, 4.69) is 0 Å². The molecule has 21 heavy (non-hydrogen) atoms. The molecule has 0 fully saturated rings. The Bertz CT molecular complexity index is 544. The van der Waals surface area contributed by atoms with Crippen LogP contribution in [0.5, 0.6) is 0 Å². The third kappa shape index (κ3) is 5.21. The minimum absolute atomic E-state index is 0.0317. The number of hydrogen-bond acceptors (Lipinski definition) is 4. The molecule has 1 unspecified atom stereocenters. The fourth-order valence-corrected chi connectivity index (χ4v) is 1.99. The molecule has 1 aromatic carbocycles. The number of para-hydroxylation sites is 1. The number of nitro benzene ring substituents is 1. The number of nitro groups is 1. The monoisotopic (exact) mass is 294 g/mol. The summed E-state index contributed by atoms with van der Waals surface area (Å²) in [4.78, 5) is 34.4. The van der Waals surface area contributed by atoms with Crippen LogP contribution in [-0.4, -0.2) is 33.9 Å². The maximum Gasteiger partial charge on any atom is 0.303 e. The van der Waals surface area contributed by atoms with Crippen LogP contribution < -0.4 is 0 Å². The average Bonchev–Trinajstić information content (AvgIpc) is 2.37. The molecule has 0 aliphatic rings. The van der Waals surface area contributed by atoms with E-state index in [1.165, 1.54) is 11.0 Å². The van der Waals surface area contributed by atoms with Gasteiger partial charge in [-0.2, -0.15) is 0 Å². The summed E-state index contributed by atoms with van der Waals surface area (Å²) in [5, 5.41) is 19.6. The van der Waals surface area contributed by atoms with Gasteiger partial charge in [0.05, 0.1) is 11.5 Å². The van der Waals surface area contributed by atoms with Gasteiger partial charge in [0.15, 0.2) is 0 Å². The van der Waals surface area contributed by atoms with Crippen LogP contribution in [0.1, 0.15) is 25.3 Å². The molecule has 0 radical (unpaired) electrons. The summed E-state index contributed by atoms with van der Waals surface area (Å²) >= 11 is 0. The number of carbonyl (C=O) groups is 2. The van der Waals surface area contributed by atoms with Crippen molar-refractivity contribution in [2.75, 3.05) is 7.05 Å². The van der Waals surface area contributed by atoms with E-state index in [9.17, 15) is 19.7 Å². The Kier molecular flexibility index (Phi) is 5.83. The molecule has 0 bridgehead atoms. The summed E-state index contributed by atoms with van der Waals surface area (Å²) in [7, 11) is 1.55. The Hall–Kier alpha value is -2.44. The van der Waals surface area contributed by atoms with Crippen molar-refractivity contribution < 1.29 is 19.6 Å². The van der Waals surface area contributed by atoms with Gasteiger partial charge in [-0.1, -0.05) is 25.1 Å². The van der Waals surface area contributed by atoms with Crippen LogP contribution in [-0.2, 0) is 16.1 Å². The molecule has 0 saturated heterocycles. The Morgan fingerprint density at radius 3 is 2.52 bits per heavy atom. The van der Waals surface area contributed by atoms with Gasteiger partial charge in [0.25, 0.3) is 5.69 Å². The van der Waals surface area contributed by atoms with E-state index in [1.54, 1.807) is 32.2 Å². The third-order valence-electron chi connectivity index (χ3n) is 3.07. The molecule has 0 saturated carbocycles. The molecule has 114 valence electrons.